The van der Waals surface area contributed by atoms with E-state index in [0.29, 0.717) is 26.3 Å². The fourth-order valence-corrected chi connectivity index (χ4v) is 3.64. The van der Waals surface area contributed by atoms with Crippen molar-refractivity contribution >= 4 is 11.3 Å². The van der Waals surface area contributed by atoms with Gasteiger partial charge in [0.15, 0.2) is 0 Å². The third-order valence-electron chi connectivity index (χ3n) is 4.03. The van der Waals surface area contributed by atoms with Gasteiger partial charge in [-0.15, -0.1) is 11.3 Å². The first-order valence-electron chi connectivity index (χ1n) is 8.44. The van der Waals surface area contributed by atoms with Crippen LogP contribution in [0.1, 0.15) is 23.5 Å². The van der Waals surface area contributed by atoms with E-state index < -0.39 is 6.10 Å². The summed E-state index contributed by atoms with van der Waals surface area (Å²) in [6, 6.07) is 8.01. The van der Waals surface area contributed by atoms with Gasteiger partial charge in [0.05, 0.1) is 38.2 Å². The van der Waals surface area contributed by atoms with Gasteiger partial charge in [0.1, 0.15) is 5.76 Å². The highest BCUT2D eigenvalue weighted by Gasteiger charge is 2.18. The zero-order valence-corrected chi connectivity index (χ0v) is 14.6. The highest BCUT2D eigenvalue weighted by molar-refractivity contribution is 7.09. The molecule has 1 fully saturated rings. The Kier molecular flexibility index (Phi) is 6.86. The molecule has 1 aliphatic rings. The molecule has 1 saturated heterocycles. The van der Waals surface area contributed by atoms with Crippen molar-refractivity contribution in [1.82, 2.24) is 4.90 Å². The summed E-state index contributed by atoms with van der Waals surface area (Å²) in [6.07, 6.45) is 3.51. The predicted molar refractivity (Wildman–Crippen MR) is 92.9 cm³/mol. The van der Waals surface area contributed by atoms with Crippen LogP contribution in [0.15, 0.2) is 40.3 Å². The van der Waals surface area contributed by atoms with Gasteiger partial charge in [-0.05, 0) is 36.4 Å². The molecule has 24 heavy (non-hydrogen) atoms. The SMILES string of the molecule is OC(COCC1CCCO1)CN(Cc1ccco1)Cc1cccs1. The van der Waals surface area contributed by atoms with E-state index in [1.165, 1.54) is 4.88 Å². The van der Waals surface area contributed by atoms with Crippen LogP contribution in [0.5, 0.6) is 0 Å². The van der Waals surface area contributed by atoms with Crippen molar-refractivity contribution < 1.29 is 19.0 Å². The first kappa shape index (κ1) is 17.6. The van der Waals surface area contributed by atoms with Gasteiger partial charge in [0.25, 0.3) is 0 Å². The standard InChI is InChI=1S/C18H25NO4S/c20-15(13-21-14-17-5-2-8-23-17)10-19(11-16-4-1-7-22-16)12-18-6-3-9-24-18/h1,3-4,6-7,9,15,17,20H,2,5,8,10-14H2. The van der Waals surface area contributed by atoms with Gasteiger partial charge in [0.2, 0.25) is 0 Å². The Labute approximate surface area is 146 Å². The van der Waals surface area contributed by atoms with Gasteiger partial charge in [-0.3, -0.25) is 4.90 Å². The number of aliphatic hydroxyl groups excluding tert-OH is 1. The van der Waals surface area contributed by atoms with E-state index in [4.69, 9.17) is 13.9 Å². The topological polar surface area (TPSA) is 55.1 Å². The number of nitrogens with zero attached hydrogens (tertiary/aromatic N) is 1. The molecule has 2 atom stereocenters. The highest BCUT2D eigenvalue weighted by Crippen LogP contribution is 2.16. The van der Waals surface area contributed by atoms with Crippen molar-refractivity contribution in [2.24, 2.45) is 0 Å². The Morgan fingerprint density at radius 3 is 3.00 bits per heavy atom. The van der Waals surface area contributed by atoms with Gasteiger partial charge in [-0.2, -0.15) is 0 Å². The molecular weight excluding hydrogens is 326 g/mol. The Balaban J connectivity index is 1.46. The second-order valence-corrected chi connectivity index (χ2v) is 7.19. The van der Waals surface area contributed by atoms with Crippen LogP contribution in [0.25, 0.3) is 0 Å². The van der Waals surface area contributed by atoms with Crippen LogP contribution in [0.3, 0.4) is 0 Å². The number of aliphatic hydroxyl groups is 1. The molecule has 3 heterocycles. The number of ether oxygens (including phenoxy) is 2. The van der Waals surface area contributed by atoms with Gasteiger partial charge in [-0.1, -0.05) is 6.07 Å². The molecule has 2 aromatic heterocycles. The molecule has 0 aromatic carbocycles. The summed E-state index contributed by atoms with van der Waals surface area (Å²) in [5, 5.41) is 12.4. The lowest BCUT2D eigenvalue weighted by atomic mass is 10.2. The number of furan rings is 1. The van der Waals surface area contributed by atoms with Crippen LogP contribution in [-0.2, 0) is 22.6 Å². The van der Waals surface area contributed by atoms with E-state index in [-0.39, 0.29) is 6.10 Å². The molecule has 1 N–H and O–H groups in total. The molecule has 6 heteroatoms. The van der Waals surface area contributed by atoms with Crippen molar-refractivity contribution in [2.75, 3.05) is 26.4 Å². The van der Waals surface area contributed by atoms with Crippen LogP contribution < -0.4 is 0 Å². The molecule has 1 aliphatic heterocycles. The fraction of sp³-hybridized carbons (Fsp3) is 0.556. The summed E-state index contributed by atoms with van der Waals surface area (Å²) in [4.78, 5) is 3.46. The van der Waals surface area contributed by atoms with Crippen molar-refractivity contribution in [3.8, 4) is 0 Å². The number of rotatable bonds is 10. The van der Waals surface area contributed by atoms with E-state index in [1.54, 1.807) is 17.6 Å². The van der Waals surface area contributed by atoms with Crippen LogP contribution in [0.4, 0.5) is 0 Å². The third-order valence-corrected chi connectivity index (χ3v) is 4.89. The lowest BCUT2D eigenvalue weighted by Gasteiger charge is -2.24. The van der Waals surface area contributed by atoms with Crippen molar-refractivity contribution in [3.63, 3.8) is 0 Å². The van der Waals surface area contributed by atoms with E-state index in [1.807, 2.05) is 18.2 Å². The minimum atomic E-state index is -0.527. The Bertz CT molecular complexity index is 515. The Morgan fingerprint density at radius 1 is 1.33 bits per heavy atom. The molecule has 0 bridgehead atoms. The molecule has 0 amide bonds. The molecule has 2 unspecified atom stereocenters. The van der Waals surface area contributed by atoms with Crippen molar-refractivity contribution in [1.29, 1.82) is 0 Å². The van der Waals surface area contributed by atoms with Crippen molar-refractivity contribution in [3.05, 3.63) is 46.5 Å². The van der Waals surface area contributed by atoms with E-state index in [2.05, 4.69) is 16.3 Å². The zero-order chi connectivity index (χ0) is 16.6. The molecule has 0 saturated carbocycles. The van der Waals surface area contributed by atoms with Gasteiger partial charge >= 0.3 is 0 Å². The second kappa shape index (κ2) is 9.34. The highest BCUT2D eigenvalue weighted by atomic mass is 32.1. The molecule has 0 spiro atoms. The van der Waals surface area contributed by atoms with Crippen LogP contribution in [-0.4, -0.2) is 48.6 Å². The molecule has 0 aliphatic carbocycles. The molecule has 132 valence electrons. The van der Waals surface area contributed by atoms with Crippen LogP contribution in [0.2, 0.25) is 0 Å². The van der Waals surface area contributed by atoms with Crippen LogP contribution >= 0.6 is 11.3 Å². The summed E-state index contributed by atoms with van der Waals surface area (Å²) in [5.41, 5.74) is 0. The third kappa shape index (κ3) is 5.72. The number of hydrogen-bond acceptors (Lipinski definition) is 6. The largest absolute Gasteiger partial charge is 0.468 e. The maximum Gasteiger partial charge on any atom is 0.117 e. The molecule has 5 nitrogen and oxygen atoms in total. The monoisotopic (exact) mass is 351 g/mol. The first-order valence-corrected chi connectivity index (χ1v) is 9.32. The molecule has 0 radical (unpaired) electrons. The lowest BCUT2D eigenvalue weighted by Crippen LogP contribution is -2.34. The molecule has 3 rings (SSSR count). The molecule has 2 aromatic rings. The summed E-state index contributed by atoms with van der Waals surface area (Å²) in [7, 11) is 0. The van der Waals surface area contributed by atoms with Crippen molar-refractivity contribution in [2.45, 2.75) is 38.1 Å². The normalized spacial score (nSPS) is 19.2. The first-order chi connectivity index (χ1) is 11.8. The summed E-state index contributed by atoms with van der Waals surface area (Å²) < 4.78 is 16.6. The van der Waals surface area contributed by atoms with E-state index in [9.17, 15) is 5.11 Å². The average Bonchev–Trinajstić information content (AvgIpc) is 3.30. The zero-order valence-electron chi connectivity index (χ0n) is 13.8. The van der Waals surface area contributed by atoms with Crippen LogP contribution in [0, 0.1) is 0 Å². The Hall–Kier alpha value is -1.18. The predicted octanol–water partition coefficient (Wildman–Crippen LogP) is 2.90. The molecular formula is C18H25NO4S. The maximum absolute atomic E-state index is 10.3. The summed E-state index contributed by atoms with van der Waals surface area (Å²) in [6.45, 7) is 3.74. The fourth-order valence-electron chi connectivity index (χ4n) is 2.89. The number of thiophene rings is 1. The lowest BCUT2D eigenvalue weighted by molar-refractivity contribution is -0.0268. The summed E-state index contributed by atoms with van der Waals surface area (Å²) >= 11 is 1.72. The average molecular weight is 351 g/mol. The Morgan fingerprint density at radius 2 is 2.29 bits per heavy atom. The summed E-state index contributed by atoms with van der Waals surface area (Å²) in [5.74, 6) is 0.902. The minimum absolute atomic E-state index is 0.197. The number of hydrogen-bond donors (Lipinski definition) is 1. The van der Waals surface area contributed by atoms with Gasteiger partial charge in [0, 0.05) is 24.6 Å². The smallest absolute Gasteiger partial charge is 0.117 e. The van der Waals surface area contributed by atoms with E-state index >= 15 is 0 Å². The van der Waals surface area contributed by atoms with Gasteiger partial charge in [-0.25, -0.2) is 0 Å². The minimum Gasteiger partial charge on any atom is -0.468 e. The second-order valence-electron chi connectivity index (χ2n) is 6.15. The quantitative estimate of drug-likeness (QED) is 0.713. The van der Waals surface area contributed by atoms with E-state index in [0.717, 1.165) is 31.8 Å². The van der Waals surface area contributed by atoms with Gasteiger partial charge < -0.3 is 19.0 Å². The maximum atomic E-state index is 10.3.